The topological polar surface area (TPSA) is 63.7 Å². The highest BCUT2D eigenvalue weighted by Crippen LogP contribution is 2.31. The van der Waals surface area contributed by atoms with Gasteiger partial charge < -0.3 is 9.08 Å². The van der Waals surface area contributed by atoms with Crippen LogP contribution in [0.15, 0.2) is 47.4 Å². The van der Waals surface area contributed by atoms with Gasteiger partial charge in [0.05, 0.1) is 0 Å². The Bertz CT molecular complexity index is 874. The molecule has 0 unspecified atom stereocenters. The van der Waals surface area contributed by atoms with Crippen LogP contribution in [-0.4, -0.2) is 20.9 Å². The van der Waals surface area contributed by atoms with Crippen LogP contribution >= 0.6 is 0 Å². The maximum absolute atomic E-state index is 12.5. The molecule has 0 N–H and O–H groups in total. The first-order chi connectivity index (χ1) is 10.9. The molecule has 1 amide bonds. The van der Waals surface area contributed by atoms with Crippen LogP contribution < -0.4 is 9.08 Å². The van der Waals surface area contributed by atoms with Crippen molar-refractivity contribution < 1.29 is 17.4 Å². The lowest BCUT2D eigenvalue weighted by atomic mass is 10.2. The first-order valence-corrected chi connectivity index (χ1v) is 8.70. The Morgan fingerprint density at radius 1 is 1.17 bits per heavy atom. The highest BCUT2D eigenvalue weighted by molar-refractivity contribution is 7.87. The standard InChI is InChI=1S/C17H17NO4S/c1-12-5-3-4-6-17(12)22-23(20,21)15-7-8-16-14(11-15)9-10-18(16)13(2)19/h3-8,11H,9-10H2,1-2H3. The Morgan fingerprint density at radius 3 is 2.61 bits per heavy atom. The summed E-state index contributed by atoms with van der Waals surface area (Å²) in [5.74, 6) is 0.272. The number of fused-ring (bicyclic) bond motifs is 1. The molecule has 0 saturated heterocycles. The van der Waals surface area contributed by atoms with Gasteiger partial charge >= 0.3 is 10.1 Å². The van der Waals surface area contributed by atoms with Crippen molar-refractivity contribution in [1.82, 2.24) is 0 Å². The Morgan fingerprint density at radius 2 is 1.91 bits per heavy atom. The van der Waals surface area contributed by atoms with Gasteiger partial charge in [-0.3, -0.25) is 4.79 Å². The minimum absolute atomic E-state index is 0.0458. The quantitative estimate of drug-likeness (QED) is 0.811. The van der Waals surface area contributed by atoms with Gasteiger partial charge in [0, 0.05) is 19.2 Å². The normalized spacial score (nSPS) is 13.7. The lowest BCUT2D eigenvalue weighted by Gasteiger charge is -2.15. The highest BCUT2D eigenvalue weighted by atomic mass is 32.2. The van der Waals surface area contributed by atoms with E-state index in [4.69, 9.17) is 4.18 Å². The molecule has 0 bridgehead atoms. The van der Waals surface area contributed by atoms with Crippen LogP contribution in [-0.2, 0) is 21.3 Å². The maximum atomic E-state index is 12.5. The summed E-state index contributed by atoms with van der Waals surface area (Å²) in [7, 11) is -3.90. The minimum atomic E-state index is -3.90. The predicted octanol–water partition coefficient (Wildman–Crippen LogP) is 2.67. The number of nitrogens with zero attached hydrogens (tertiary/aromatic N) is 1. The van der Waals surface area contributed by atoms with E-state index < -0.39 is 10.1 Å². The Hall–Kier alpha value is -2.34. The van der Waals surface area contributed by atoms with E-state index in [2.05, 4.69) is 0 Å². The number of anilines is 1. The summed E-state index contributed by atoms with van der Waals surface area (Å²) >= 11 is 0. The van der Waals surface area contributed by atoms with E-state index >= 15 is 0 Å². The Labute approximate surface area is 135 Å². The summed E-state index contributed by atoms with van der Waals surface area (Å²) < 4.78 is 30.2. The molecule has 0 saturated carbocycles. The van der Waals surface area contributed by atoms with Crippen LogP contribution in [0.1, 0.15) is 18.1 Å². The molecule has 1 heterocycles. The third-order valence-electron chi connectivity index (χ3n) is 3.91. The highest BCUT2D eigenvalue weighted by Gasteiger charge is 2.25. The van der Waals surface area contributed by atoms with Gasteiger partial charge in [-0.05, 0) is 48.7 Å². The van der Waals surface area contributed by atoms with E-state index in [1.165, 1.54) is 13.0 Å². The number of hydrogen-bond acceptors (Lipinski definition) is 4. The number of para-hydroxylation sites is 1. The summed E-state index contributed by atoms with van der Waals surface area (Å²) in [6.45, 7) is 3.87. The Kier molecular flexibility index (Phi) is 3.85. The fraction of sp³-hybridized carbons (Fsp3) is 0.235. The number of amides is 1. The molecular formula is C17H17NO4S. The Balaban J connectivity index is 1.93. The SMILES string of the molecule is CC(=O)N1CCc2cc(S(=O)(=O)Oc3ccccc3C)ccc21. The summed E-state index contributed by atoms with van der Waals surface area (Å²) in [6, 6.07) is 11.7. The minimum Gasteiger partial charge on any atom is -0.379 e. The van der Waals surface area contributed by atoms with Crippen LogP contribution in [0.25, 0.3) is 0 Å². The maximum Gasteiger partial charge on any atom is 0.339 e. The van der Waals surface area contributed by atoms with Crippen LogP contribution in [0.3, 0.4) is 0 Å². The molecule has 0 atom stereocenters. The van der Waals surface area contributed by atoms with Crippen LogP contribution in [0.2, 0.25) is 0 Å². The van der Waals surface area contributed by atoms with Crippen molar-refractivity contribution >= 4 is 21.7 Å². The third-order valence-corrected chi connectivity index (χ3v) is 5.14. The van der Waals surface area contributed by atoms with Crippen molar-refractivity contribution in [2.24, 2.45) is 0 Å². The largest absolute Gasteiger partial charge is 0.379 e. The molecular weight excluding hydrogens is 314 g/mol. The third kappa shape index (κ3) is 2.94. The summed E-state index contributed by atoms with van der Waals surface area (Å²) in [5.41, 5.74) is 2.36. The molecule has 3 rings (SSSR count). The van der Waals surface area contributed by atoms with Gasteiger partial charge in [0.25, 0.3) is 0 Å². The molecule has 1 aliphatic rings. The van der Waals surface area contributed by atoms with E-state index in [-0.39, 0.29) is 10.8 Å². The second kappa shape index (κ2) is 5.70. The van der Waals surface area contributed by atoms with Gasteiger partial charge in [-0.25, -0.2) is 0 Å². The average Bonchev–Trinajstić information content (AvgIpc) is 2.92. The van der Waals surface area contributed by atoms with Crippen molar-refractivity contribution in [3.05, 3.63) is 53.6 Å². The first-order valence-electron chi connectivity index (χ1n) is 7.29. The van der Waals surface area contributed by atoms with E-state index in [1.807, 2.05) is 6.07 Å². The first kappa shape index (κ1) is 15.6. The molecule has 0 aromatic heterocycles. The van der Waals surface area contributed by atoms with Gasteiger partial charge in [-0.2, -0.15) is 8.42 Å². The molecule has 0 spiro atoms. The zero-order valence-corrected chi connectivity index (χ0v) is 13.8. The zero-order valence-electron chi connectivity index (χ0n) is 12.9. The molecule has 120 valence electrons. The molecule has 0 aliphatic carbocycles. The van der Waals surface area contributed by atoms with Gasteiger partial charge in [-0.15, -0.1) is 0 Å². The van der Waals surface area contributed by atoms with E-state index in [1.54, 1.807) is 42.2 Å². The van der Waals surface area contributed by atoms with Gasteiger partial charge in [0.15, 0.2) is 0 Å². The number of rotatable bonds is 3. The molecule has 23 heavy (non-hydrogen) atoms. The second-order valence-corrected chi connectivity index (χ2v) is 7.06. The van der Waals surface area contributed by atoms with Crippen molar-refractivity contribution in [2.45, 2.75) is 25.2 Å². The predicted molar refractivity (Wildman–Crippen MR) is 87.2 cm³/mol. The molecule has 1 aliphatic heterocycles. The van der Waals surface area contributed by atoms with Crippen molar-refractivity contribution in [3.63, 3.8) is 0 Å². The van der Waals surface area contributed by atoms with Crippen molar-refractivity contribution in [2.75, 3.05) is 11.4 Å². The summed E-state index contributed by atoms with van der Waals surface area (Å²) in [4.78, 5) is 13.3. The number of benzene rings is 2. The number of hydrogen-bond donors (Lipinski definition) is 0. The number of aryl methyl sites for hydroxylation is 1. The van der Waals surface area contributed by atoms with Crippen LogP contribution in [0, 0.1) is 6.92 Å². The smallest absolute Gasteiger partial charge is 0.339 e. The van der Waals surface area contributed by atoms with E-state index in [0.717, 1.165) is 16.8 Å². The van der Waals surface area contributed by atoms with Crippen LogP contribution in [0.5, 0.6) is 5.75 Å². The number of carbonyl (C=O) groups is 1. The monoisotopic (exact) mass is 331 g/mol. The van der Waals surface area contributed by atoms with Gasteiger partial charge in [0.1, 0.15) is 10.6 Å². The van der Waals surface area contributed by atoms with Crippen molar-refractivity contribution in [1.29, 1.82) is 0 Å². The van der Waals surface area contributed by atoms with Crippen molar-refractivity contribution in [3.8, 4) is 5.75 Å². The average molecular weight is 331 g/mol. The molecule has 2 aromatic carbocycles. The molecule has 5 nitrogen and oxygen atoms in total. The molecule has 6 heteroatoms. The zero-order chi connectivity index (χ0) is 16.6. The fourth-order valence-electron chi connectivity index (χ4n) is 2.68. The molecule has 0 fully saturated rings. The second-order valence-electron chi connectivity index (χ2n) is 5.51. The molecule has 0 radical (unpaired) electrons. The van der Waals surface area contributed by atoms with E-state index in [0.29, 0.717) is 18.7 Å². The lowest BCUT2D eigenvalue weighted by molar-refractivity contribution is -0.116. The van der Waals surface area contributed by atoms with Gasteiger partial charge in [-0.1, -0.05) is 18.2 Å². The number of carbonyl (C=O) groups excluding carboxylic acids is 1. The van der Waals surface area contributed by atoms with Gasteiger partial charge in [0.2, 0.25) is 5.91 Å². The molecule has 2 aromatic rings. The fourth-order valence-corrected chi connectivity index (χ4v) is 3.72. The lowest BCUT2D eigenvalue weighted by Crippen LogP contribution is -2.25. The summed E-state index contributed by atoms with van der Waals surface area (Å²) in [6.07, 6.45) is 0.642. The summed E-state index contributed by atoms with van der Waals surface area (Å²) in [5, 5.41) is 0. The van der Waals surface area contributed by atoms with E-state index in [9.17, 15) is 13.2 Å². The van der Waals surface area contributed by atoms with Crippen LogP contribution in [0.4, 0.5) is 5.69 Å².